The van der Waals surface area contributed by atoms with Crippen LogP contribution >= 0.6 is 0 Å². The van der Waals surface area contributed by atoms with Crippen LogP contribution in [0.3, 0.4) is 0 Å². The van der Waals surface area contributed by atoms with Crippen LogP contribution in [-0.4, -0.2) is 17.0 Å². The highest BCUT2D eigenvalue weighted by Gasteiger charge is 2.22. The van der Waals surface area contributed by atoms with E-state index in [1.165, 1.54) is 0 Å². The summed E-state index contributed by atoms with van der Waals surface area (Å²) in [6.45, 7) is 3.67. The quantitative estimate of drug-likeness (QED) is 0.885. The Morgan fingerprint density at radius 3 is 2.25 bits per heavy atom. The third-order valence-corrected chi connectivity index (χ3v) is 3.85. The summed E-state index contributed by atoms with van der Waals surface area (Å²) in [5, 5.41) is 20.9. The van der Waals surface area contributed by atoms with Crippen molar-refractivity contribution in [1.29, 1.82) is 5.26 Å². The van der Waals surface area contributed by atoms with Gasteiger partial charge in [0, 0.05) is 0 Å². The van der Waals surface area contributed by atoms with Gasteiger partial charge in [0.05, 0.1) is 18.1 Å². The smallest absolute Gasteiger partial charge is 0.330 e. The van der Waals surface area contributed by atoms with Crippen LogP contribution in [0.25, 0.3) is 0 Å². The molecule has 2 aromatic carbocycles. The largest absolute Gasteiger partial charge is 0.479 e. The Morgan fingerprint density at radius 1 is 1.17 bits per heavy atom. The van der Waals surface area contributed by atoms with Crippen LogP contribution < -0.4 is 5.32 Å². The molecular weight excluding hydrogens is 304 g/mol. The van der Waals surface area contributed by atoms with Gasteiger partial charge >= 0.3 is 5.97 Å². The first-order chi connectivity index (χ1) is 11.4. The van der Waals surface area contributed by atoms with E-state index in [1.807, 2.05) is 13.8 Å². The number of carboxylic acid groups (broad SMARTS) is 1. The number of rotatable bonds is 5. The van der Waals surface area contributed by atoms with Crippen LogP contribution in [0.2, 0.25) is 0 Å². The van der Waals surface area contributed by atoms with Crippen LogP contribution in [0.4, 0.5) is 0 Å². The lowest BCUT2D eigenvalue weighted by Crippen LogP contribution is -2.35. The molecule has 0 spiro atoms. The summed E-state index contributed by atoms with van der Waals surface area (Å²) < 4.78 is 0. The van der Waals surface area contributed by atoms with E-state index < -0.39 is 12.0 Å². The zero-order valence-electron chi connectivity index (χ0n) is 13.5. The average Bonchev–Trinajstić information content (AvgIpc) is 2.56. The highest BCUT2D eigenvalue weighted by molar-refractivity contribution is 5.86. The molecule has 0 aliphatic heterocycles. The predicted octanol–water partition coefficient (Wildman–Crippen LogP) is 2.66. The monoisotopic (exact) mass is 322 g/mol. The summed E-state index contributed by atoms with van der Waals surface area (Å²) >= 11 is 0. The molecule has 0 saturated carbocycles. The van der Waals surface area contributed by atoms with Crippen LogP contribution in [0.5, 0.6) is 0 Å². The molecule has 0 unspecified atom stereocenters. The van der Waals surface area contributed by atoms with Crippen molar-refractivity contribution < 1.29 is 14.7 Å². The molecule has 2 aromatic rings. The van der Waals surface area contributed by atoms with Crippen molar-refractivity contribution in [2.45, 2.75) is 26.3 Å². The van der Waals surface area contributed by atoms with E-state index in [9.17, 15) is 14.7 Å². The molecule has 1 atom stereocenters. The Hall–Kier alpha value is -3.13. The summed E-state index contributed by atoms with van der Waals surface area (Å²) in [6.07, 6.45) is 0.0694. The fourth-order valence-corrected chi connectivity index (χ4v) is 2.64. The highest BCUT2D eigenvalue weighted by atomic mass is 16.4. The molecule has 1 amide bonds. The third-order valence-electron chi connectivity index (χ3n) is 3.85. The Labute approximate surface area is 140 Å². The van der Waals surface area contributed by atoms with E-state index >= 15 is 0 Å². The lowest BCUT2D eigenvalue weighted by molar-refractivity contribution is -0.141. The zero-order valence-corrected chi connectivity index (χ0v) is 13.5. The van der Waals surface area contributed by atoms with E-state index in [-0.39, 0.29) is 12.3 Å². The highest BCUT2D eigenvalue weighted by Crippen LogP contribution is 2.18. The van der Waals surface area contributed by atoms with Crippen molar-refractivity contribution in [3.8, 4) is 6.07 Å². The molecule has 0 aromatic heterocycles. The topological polar surface area (TPSA) is 90.2 Å². The van der Waals surface area contributed by atoms with Gasteiger partial charge in [-0.05, 0) is 48.2 Å². The molecule has 2 N–H and O–H groups in total. The summed E-state index contributed by atoms with van der Waals surface area (Å²) in [4.78, 5) is 23.8. The number of hydrogen-bond acceptors (Lipinski definition) is 3. The Morgan fingerprint density at radius 2 is 1.75 bits per heavy atom. The van der Waals surface area contributed by atoms with Crippen LogP contribution in [0, 0.1) is 25.2 Å². The molecule has 0 aliphatic carbocycles. The number of aliphatic carboxylic acids is 1. The van der Waals surface area contributed by atoms with Crippen molar-refractivity contribution in [3.63, 3.8) is 0 Å². The summed E-state index contributed by atoms with van der Waals surface area (Å²) in [7, 11) is 0. The Bertz CT molecular complexity index is 784. The van der Waals surface area contributed by atoms with E-state index in [4.69, 9.17) is 5.26 Å². The standard InChI is InChI=1S/C19H18N2O3/c1-12-8-14(11-20)9-13(2)16(12)10-17(22)21-18(19(23)24)15-6-4-3-5-7-15/h3-9,18H,10H2,1-2H3,(H,21,22)(H,23,24)/t18-/m0/s1. The maximum atomic E-state index is 12.3. The molecule has 2 rings (SSSR count). The Balaban J connectivity index is 2.18. The molecule has 5 heteroatoms. The minimum Gasteiger partial charge on any atom is -0.479 e. The zero-order chi connectivity index (χ0) is 17.7. The van der Waals surface area contributed by atoms with Crippen LogP contribution in [0.1, 0.15) is 33.9 Å². The lowest BCUT2D eigenvalue weighted by atomic mass is 9.96. The van der Waals surface area contributed by atoms with Crippen LogP contribution in [0.15, 0.2) is 42.5 Å². The molecule has 0 saturated heterocycles. The minimum atomic E-state index is -1.11. The van der Waals surface area contributed by atoms with Gasteiger partial charge in [-0.1, -0.05) is 30.3 Å². The maximum absolute atomic E-state index is 12.3. The molecule has 0 bridgehead atoms. The van der Waals surface area contributed by atoms with Gasteiger partial charge in [-0.3, -0.25) is 4.79 Å². The van der Waals surface area contributed by atoms with Gasteiger partial charge in [0.1, 0.15) is 0 Å². The first kappa shape index (κ1) is 17.2. The van der Waals surface area contributed by atoms with Gasteiger partial charge in [-0.15, -0.1) is 0 Å². The van der Waals surface area contributed by atoms with E-state index in [0.29, 0.717) is 11.1 Å². The first-order valence-electron chi connectivity index (χ1n) is 7.49. The molecule has 0 heterocycles. The number of benzene rings is 2. The van der Waals surface area contributed by atoms with E-state index in [0.717, 1.165) is 16.7 Å². The van der Waals surface area contributed by atoms with Gasteiger partial charge in [0.25, 0.3) is 0 Å². The number of carbonyl (C=O) groups is 2. The number of carbonyl (C=O) groups excluding carboxylic acids is 1. The minimum absolute atomic E-state index is 0.0694. The van der Waals surface area contributed by atoms with Gasteiger partial charge in [-0.25, -0.2) is 4.79 Å². The molecule has 122 valence electrons. The molecular formula is C19H18N2O3. The second kappa shape index (κ2) is 7.42. The first-order valence-corrected chi connectivity index (χ1v) is 7.49. The van der Waals surface area contributed by atoms with Gasteiger partial charge < -0.3 is 10.4 Å². The lowest BCUT2D eigenvalue weighted by Gasteiger charge is -2.16. The SMILES string of the molecule is Cc1cc(C#N)cc(C)c1CC(=O)N[C@H](C(=O)O)c1ccccc1. The molecule has 24 heavy (non-hydrogen) atoms. The number of carboxylic acids is 1. The van der Waals surface area contributed by atoms with Crippen molar-refractivity contribution in [3.05, 3.63) is 70.3 Å². The Kier molecular flexibility index (Phi) is 5.33. The fraction of sp³-hybridized carbons (Fsp3) is 0.211. The molecule has 0 radical (unpaired) electrons. The summed E-state index contributed by atoms with van der Waals surface area (Å²) in [6, 6.07) is 13.0. The number of nitriles is 1. The number of nitrogens with zero attached hydrogens (tertiary/aromatic N) is 1. The van der Waals surface area contributed by atoms with E-state index in [2.05, 4.69) is 11.4 Å². The van der Waals surface area contributed by atoms with Gasteiger partial charge in [0.2, 0.25) is 5.91 Å². The third kappa shape index (κ3) is 3.99. The second-order valence-corrected chi connectivity index (χ2v) is 5.63. The van der Waals surface area contributed by atoms with Gasteiger partial charge in [0.15, 0.2) is 6.04 Å². The number of nitrogens with one attached hydrogen (secondary N) is 1. The number of aryl methyl sites for hydroxylation is 2. The summed E-state index contributed by atoms with van der Waals surface area (Å²) in [5.41, 5.74) is 3.55. The van der Waals surface area contributed by atoms with Gasteiger partial charge in [-0.2, -0.15) is 5.26 Å². The second-order valence-electron chi connectivity index (χ2n) is 5.63. The predicted molar refractivity (Wildman–Crippen MR) is 89.3 cm³/mol. The maximum Gasteiger partial charge on any atom is 0.330 e. The van der Waals surface area contributed by atoms with Crippen LogP contribution in [-0.2, 0) is 16.0 Å². The fourth-order valence-electron chi connectivity index (χ4n) is 2.64. The van der Waals surface area contributed by atoms with Crippen molar-refractivity contribution in [1.82, 2.24) is 5.32 Å². The molecule has 0 fully saturated rings. The van der Waals surface area contributed by atoms with Crippen molar-refractivity contribution >= 4 is 11.9 Å². The van der Waals surface area contributed by atoms with Crippen molar-refractivity contribution in [2.75, 3.05) is 0 Å². The normalized spacial score (nSPS) is 11.4. The molecule has 5 nitrogen and oxygen atoms in total. The number of amides is 1. The number of hydrogen-bond donors (Lipinski definition) is 2. The molecule has 0 aliphatic rings. The van der Waals surface area contributed by atoms with Crippen molar-refractivity contribution in [2.24, 2.45) is 0 Å². The summed E-state index contributed by atoms with van der Waals surface area (Å²) in [5.74, 6) is -1.48. The van der Waals surface area contributed by atoms with E-state index in [1.54, 1.807) is 42.5 Å². The average molecular weight is 322 g/mol.